The van der Waals surface area contributed by atoms with Crippen molar-refractivity contribution in [2.75, 3.05) is 0 Å². The first-order valence-corrected chi connectivity index (χ1v) is 7.26. The van der Waals surface area contributed by atoms with Crippen LogP contribution in [0.25, 0.3) is 0 Å². The van der Waals surface area contributed by atoms with Crippen LogP contribution in [-0.2, 0) is 16.1 Å². The van der Waals surface area contributed by atoms with E-state index in [-0.39, 0.29) is 11.7 Å². The molecule has 0 aliphatic carbocycles. The molecular weight excluding hydrogens is 274 g/mol. The fourth-order valence-corrected chi connectivity index (χ4v) is 2.36. The minimum atomic E-state index is -0.620. The van der Waals surface area contributed by atoms with Crippen LogP contribution in [0.1, 0.15) is 31.7 Å². The summed E-state index contributed by atoms with van der Waals surface area (Å²) in [6.07, 6.45) is 3.82. The fraction of sp³-hybridized carbons (Fsp3) is 0.375. The molecule has 0 aromatic heterocycles. The third-order valence-electron chi connectivity index (χ3n) is 3.32. The van der Waals surface area contributed by atoms with Crippen molar-refractivity contribution in [1.82, 2.24) is 4.90 Å². The summed E-state index contributed by atoms with van der Waals surface area (Å²) < 4.78 is 0. The minimum Gasteiger partial charge on any atom is -0.305 e. The summed E-state index contributed by atoms with van der Waals surface area (Å²) in [5, 5.41) is -0.620. The Labute approximate surface area is 124 Å². The van der Waals surface area contributed by atoms with Crippen molar-refractivity contribution in [2.24, 2.45) is 0 Å². The van der Waals surface area contributed by atoms with Crippen molar-refractivity contribution in [1.29, 1.82) is 0 Å². The van der Waals surface area contributed by atoms with Crippen LogP contribution >= 0.6 is 11.6 Å². The lowest BCUT2D eigenvalue weighted by atomic mass is 10.1. The lowest BCUT2D eigenvalue weighted by Crippen LogP contribution is -2.34. The maximum absolute atomic E-state index is 12.2. The Morgan fingerprint density at radius 3 is 2.70 bits per heavy atom. The van der Waals surface area contributed by atoms with Crippen LogP contribution in [-0.4, -0.2) is 22.0 Å². The molecule has 1 atom stereocenters. The lowest BCUT2D eigenvalue weighted by molar-refractivity contribution is -0.132. The number of hydrogen-bond donors (Lipinski definition) is 0. The number of halogens is 1. The number of alkyl halides is 1. The van der Waals surface area contributed by atoms with Gasteiger partial charge in [-0.1, -0.05) is 36.4 Å². The van der Waals surface area contributed by atoms with Crippen molar-refractivity contribution in [3.63, 3.8) is 0 Å². The quantitative estimate of drug-likeness (QED) is 0.798. The van der Waals surface area contributed by atoms with Crippen molar-refractivity contribution in [3.05, 3.63) is 47.7 Å². The van der Waals surface area contributed by atoms with Crippen LogP contribution in [0, 0.1) is 0 Å². The molecule has 1 aromatic rings. The molecule has 0 spiro atoms. The first-order chi connectivity index (χ1) is 9.59. The Hall–Kier alpha value is -1.61. The predicted molar refractivity (Wildman–Crippen MR) is 79.2 cm³/mol. The highest BCUT2D eigenvalue weighted by Crippen LogP contribution is 2.21. The number of ketones is 1. The van der Waals surface area contributed by atoms with Gasteiger partial charge in [-0.25, -0.2) is 0 Å². The van der Waals surface area contributed by atoms with E-state index in [1.165, 1.54) is 0 Å². The van der Waals surface area contributed by atoms with Crippen molar-refractivity contribution in [2.45, 2.75) is 38.1 Å². The molecule has 3 nitrogen and oxygen atoms in total. The van der Waals surface area contributed by atoms with E-state index in [2.05, 4.69) is 0 Å². The van der Waals surface area contributed by atoms with Crippen LogP contribution in [0.15, 0.2) is 42.1 Å². The molecular formula is C16H18ClNO2. The normalized spacial score (nSPS) is 17.4. The molecule has 4 heteroatoms. The SMILES string of the molecule is CC(Cl)C(=O)C1=CCCCC(=O)N1Cc1ccccc1. The number of Topliss-reactive ketones (excluding diaryl/α,β-unsaturated/α-hetero) is 1. The van der Waals surface area contributed by atoms with E-state index in [9.17, 15) is 9.59 Å². The van der Waals surface area contributed by atoms with Crippen molar-refractivity contribution < 1.29 is 9.59 Å². The molecule has 1 unspecified atom stereocenters. The molecule has 1 aliphatic rings. The first-order valence-electron chi connectivity index (χ1n) is 6.82. The van der Waals surface area contributed by atoms with Gasteiger partial charge in [0.15, 0.2) is 5.78 Å². The summed E-state index contributed by atoms with van der Waals surface area (Å²) >= 11 is 5.90. The van der Waals surface area contributed by atoms with Gasteiger partial charge in [0.2, 0.25) is 5.91 Å². The highest BCUT2D eigenvalue weighted by atomic mass is 35.5. The third kappa shape index (κ3) is 3.48. The zero-order valence-electron chi connectivity index (χ0n) is 11.5. The average molecular weight is 292 g/mol. The molecule has 20 heavy (non-hydrogen) atoms. The summed E-state index contributed by atoms with van der Waals surface area (Å²) in [6.45, 7) is 2.06. The van der Waals surface area contributed by atoms with Gasteiger partial charge in [0.1, 0.15) is 0 Å². The van der Waals surface area contributed by atoms with Gasteiger partial charge >= 0.3 is 0 Å². The molecule has 1 aliphatic heterocycles. The number of carbonyl (C=O) groups is 2. The highest BCUT2D eigenvalue weighted by Gasteiger charge is 2.27. The van der Waals surface area contributed by atoms with Gasteiger partial charge in [0.05, 0.1) is 17.6 Å². The molecule has 1 amide bonds. The lowest BCUT2D eigenvalue weighted by Gasteiger charge is -2.24. The second-order valence-corrected chi connectivity index (χ2v) is 5.58. The van der Waals surface area contributed by atoms with E-state index in [0.29, 0.717) is 18.7 Å². The number of carbonyl (C=O) groups excluding carboxylic acids is 2. The van der Waals surface area contributed by atoms with Crippen LogP contribution in [0.5, 0.6) is 0 Å². The van der Waals surface area contributed by atoms with E-state index < -0.39 is 5.38 Å². The zero-order valence-corrected chi connectivity index (χ0v) is 12.3. The summed E-state index contributed by atoms with van der Waals surface area (Å²) in [7, 11) is 0. The van der Waals surface area contributed by atoms with E-state index >= 15 is 0 Å². The van der Waals surface area contributed by atoms with E-state index in [1.54, 1.807) is 11.8 Å². The van der Waals surface area contributed by atoms with Crippen LogP contribution in [0.3, 0.4) is 0 Å². The molecule has 0 fully saturated rings. The molecule has 2 rings (SSSR count). The van der Waals surface area contributed by atoms with Gasteiger partial charge in [-0.3, -0.25) is 9.59 Å². The van der Waals surface area contributed by atoms with E-state index in [1.807, 2.05) is 36.4 Å². The van der Waals surface area contributed by atoms with Crippen molar-refractivity contribution in [3.8, 4) is 0 Å². The number of rotatable bonds is 4. The Balaban J connectivity index is 2.28. The van der Waals surface area contributed by atoms with Crippen LogP contribution in [0.4, 0.5) is 0 Å². The monoisotopic (exact) mass is 291 g/mol. The summed E-state index contributed by atoms with van der Waals surface area (Å²) in [4.78, 5) is 26.0. The fourth-order valence-electron chi connectivity index (χ4n) is 2.25. The second kappa shape index (κ2) is 6.71. The molecule has 0 radical (unpaired) electrons. The first kappa shape index (κ1) is 14.8. The van der Waals surface area contributed by atoms with Gasteiger partial charge in [-0.05, 0) is 25.3 Å². The maximum Gasteiger partial charge on any atom is 0.227 e. The van der Waals surface area contributed by atoms with E-state index in [0.717, 1.165) is 18.4 Å². The Morgan fingerprint density at radius 2 is 2.05 bits per heavy atom. The second-order valence-electron chi connectivity index (χ2n) is 4.93. The number of hydrogen-bond acceptors (Lipinski definition) is 2. The van der Waals surface area contributed by atoms with E-state index in [4.69, 9.17) is 11.6 Å². The number of amides is 1. The third-order valence-corrected chi connectivity index (χ3v) is 3.52. The number of allylic oxidation sites excluding steroid dienone is 2. The molecule has 0 N–H and O–H groups in total. The Morgan fingerprint density at radius 1 is 1.35 bits per heavy atom. The number of nitrogens with zero attached hydrogens (tertiary/aromatic N) is 1. The molecule has 1 heterocycles. The van der Waals surface area contributed by atoms with Gasteiger partial charge in [-0.15, -0.1) is 11.6 Å². The van der Waals surface area contributed by atoms with Crippen LogP contribution < -0.4 is 0 Å². The predicted octanol–water partition coefficient (Wildman–Crippen LogP) is 3.28. The smallest absolute Gasteiger partial charge is 0.227 e. The average Bonchev–Trinajstić information content (AvgIpc) is 2.62. The molecule has 1 aromatic carbocycles. The molecule has 0 saturated carbocycles. The standard InChI is InChI=1S/C16H18ClNO2/c1-12(17)16(20)14-9-5-6-10-15(19)18(14)11-13-7-3-2-4-8-13/h2-4,7-9,12H,5-6,10-11H2,1H3. The molecule has 106 valence electrons. The minimum absolute atomic E-state index is 0.0109. The number of benzene rings is 1. The van der Waals surface area contributed by atoms with Crippen molar-refractivity contribution >= 4 is 23.3 Å². The highest BCUT2D eigenvalue weighted by molar-refractivity contribution is 6.33. The zero-order chi connectivity index (χ0) is 14.5. The van der Waals surface area contributed by atoms with Gasteiger partial charge in [-0.2, -0.15) is 0 Å². The van der Waals surface area contributed by atoms with Crippen LogP contribution in [0.2, 0.25) is 0 Å². The summed E-state index contributed by atoms with van der Waals surface area (Å²) in [5.41, 5.74) is 1.45. The Bertz CT molecular complexity index is 523. The van der Waals surface area contributed by atoms with Gasteiger partial charge < -0.3 is 4.90 Å². The maximum atomic E-state index is 12.2. The van der Waals surface area contributed by atoms with Gasteiger partial charge in [0.25, 0.3) is 0 Å². The molecule has 0 saturated heterocycles. The summed E-state index contributed by atoms with van der Waals surface area (Å²) in [5.74, 6) is -0.193. The summed E-state index contributed by atoms with van der Waals surface area (Å²) in [6, 6.07) is 9.67. The molecule has 0 bridgehead atoms. The largest absolute Gasteiger partial charge is 0.305 e. The van der Waals surface area contributed by atoms with Gasteiger partial charge in [0, 0.05) is 6.42 Å². The topological polar surface area (TPSA) is 37.4 Å². The Kier molecular flexibility index (Phi) is 4.96.